The predicted molar refractivity (Wildman–Crippen MR) is 172 cm³/mol. The molecule has 0 atom stereocenters. The molecule has 5 rings (SSSR count). The Labute approximate surface area is 247 Å². The molecule has 0 bridgehead atoms. The Hall–Kier alpha value is -3.76. The number of hydrogen-bond donors (Lipinski definition) is 2. The SMILES string of the molecule is CC(=O)Nc1ccsc1C(=O)Nc1ccccc1.Cc1nc2ccsc2c(=O)n1-c1ccccc1.[B][B].[B][B][B]. The van der Waals surface area contributed by atoms with Crippen LogP contribution in [0.5, 0.6) is 0 Å². The summed E-state index contributed by atoms with van der Waals surface area (Å²) >= 11 is 2.73. The summed E-state index contributed by atoms with van der Waals surface area (Å²) < 4.78 is 2.36. The molecule has 3 aromatic heterocycles. The Morgan fingerprint density at radius 1 is 0.875 bits per heavy atom. The van der Waals surface area contributed by atoms with Crippen molar-refractivity contribution in [3.05, 3.63) is 105 Å². The summed E-state index contributed by atoms with van der Waals surface area (Å²) in [5, 5.41) is 9.07. The number of nitrogens with zero attached hydrogens (tertiary/aromatic N) is 2. The summed E-state index contributed by atoms with van der Waals surface area (Å²) in [6.45, 7) is 3.27. The molecule has 0 aliphatic heterocycles. The molecule has 0 fully saturated rings. The average Bonchev–Trinajstić information content (AvgIpc) is 3.61. The van der Waals surface area contributed by atoms with E-state index in [2.05, 4.69) is 46.6 Å². The Morgan fingerprint density at radius 3 is 2.05 bits per heavy atom. The minimum absolute atomic E-state index is 0.00806. The Balaban J connectivity index is 0.000000242. The highest BCUT2D eigenvalue weighted by atomic mass is 32.1. The molecule has 0 unspecified atom stereocenters. The first-order valence-corrected chi connectivity index (χ1v) is 13.4. The number of para-hydroxylation sites is 2. The lowest BCUT2D eigenvalue weighted by Crippen LogP contribution is -2.21. The number of benzene rings is 2. The Morgan fingerprint density at radius 2 is 1.45 bits per heavy atom. The molecule has 14 heteroatoms. The summed E-state index contributed by atoms with van der Waals surface area (Å²) in [7, 11) is 18.0. The second-order valence-corrected chi connectivity index (χ2v) is 9.46. The van der Waals surface area contributed by atoms with Crippen LogP contribution in [-0.2, 0) is 4.79 Å². The molecular formula is C26H22B5N4O3S2. The van der Waals surface area contributed by atoms with Crippen LogP contribution < -0.4 is 16.2 Å². The molecule has 9 radical (unpaired) electrons. The number of rotatable bonds is 4. The lowest BCUT2D eigenvalue weighted by atomic mass is 9.40. The molecule has 3 heterocycles. The zero-order chi connectivity index (χ0) is 29.5. The van der Waals surface area contributed by atoms with Crippen LogP contribution in [0.15, 0.2) is 88.4 Å². The fraction of sp³-hybridized carbons (Fsp3) is 0.0769. The highest BCUT2D eigenvalue weighted by Crippen LogP contribution is 2.23. The van der Waals surface area contributed by atoms with E-state index in [0.717, 1.165) is 24.0 Å². The van der Waals surface area contributed by atoms with Crippen molar-refractivity contribution in [2.24, 2.45) is 0 Å². The summed E-state index contributed by atoms with van der Waals surface area (Å²) in [6, 6.07) is 22.4. The van der Waals surface area contributed by atoms with E-state index in [4.69, 9.17) is 0 Å². The summed E-state index contributed by atoms with van der Waals surface area (Å²) in [5.41, 5.74) is 2.92. The molecule has 0 saturated carbocycles. The fourth-order valence-electron chi connectivity index (χ4n) is 3.39. The lowest BCUT2D eigenvalue weighted by Gasteiger charge is -2.08. The van der Waals surface area contributed by atoms with E-state index in [-0.39, 0.29) is 17.4 Å². The second-order valence-electron chi connectivity index (χ2n) is 7.63. The average molecular weight is 557 g/mol. The molecule has 0 spiro atoms. The quantitative estimate of drug-likeness (QED) is 0.329. The maximum atomic E-state index is 12.3. The van der Waals surface area contributed by atoms with Gasteiger partial charge < -0.3 is 10.6 Å². The second kappa shape index (κ2) is 17.0. The van der Waals surface area contributed by atoms with E-state index in [9.17, 15) is 14.4 Å². The van der Waals surface area contributed by atoms with E-state index >= 15 is 0 Å². The van der Waals surface area contributed by atoms with Crippen LogP contribution in [0.4, 0.5) is 11.4 Å². The molecule has 2 aromatic carbocycles. The molecule has 2 N–H and O–H groups in total. The third-order valence-electron chi connectivity index (χ3n) is 4.88. The van der Waals surface area contributed by atoms with Crippen molar-refractivity contribution in [3.8, 4) is 5.69 Å². The van der Waals surface area contributed by atoms with Gasteiger partial charge in [0.2, 0.25) is 5.91 Å². The van der Waals surface area contributed by atoms with Gasteiger partial charge in [0, 0.05) is 50.6 Å². The maximum absolute atomic E-state index is 12.3. The minimum Gasteiger partial charge on any atom is -0.325 e. The van der Waals surface area contributed by atoms with Crippen molar-refractivity contribution in [2.75, 3.05) is 10.6 Å². The zero-order valence-electron chi connectivity index (χ0n) is 21.9. The largest absolute Gasteiger partial charge is 0.325 e. The van der Waals surface area contributed by atoms with Crippen molar-refractivity contribution in [3.63, 3.8) is 0 Å². The van der Waals surface area contributed by atoms with Crippen molar-refractivity contribution < 1.29 is 9.59 Å². The van der Waals surface area contributed by atoms with Gasteiger partial charge in [-0.15, -0.1) is 22.7 Å². The van der Waals surface area contributed by atoms with Crippen LogP contribution in [0.3, 0.4) is 0 Å². The third-order valence-corrected chi connectivity index (χ3v) is 6.68. The first kappa shape index (κ1) is 32.5. The number of fused-ring (bicyclic) bond motifs is 1. The monoisotopic (exact) mass is 557 g/mol. The Bertz CT molecular complexity index is 1560. The number of thiophene rings is 2. The lowest BCUT2D eigenvalue weighted by molar-refractivity contribution is -0.114. The number of aromatic nitrogens is 2. The van der Waals surface area contributed by atoms with Gasteiger partial charge in [-0.3, -0.25) is 19.0 Å². The van der Waals surface area contributed by atoms with Gasteiger partial charge in [0.15, 0.2) is 0 Å². The van der Waals surface area contributed by atoms with Crippen molar-refractivity contribution in [2.45, 2.75) is 13.8 Å². The number of hydrogen-bond acceptors (Lipinski definition) is 6. The van der Waals surface area contributed by atoms with E-state index in [0.29, 0.717) is 21.1 Å². The van der Waals surface area contributed by atoms with Gasteiger partial charge >= 0.3 is 0 Å². The number of carbonyl (C=O) groups excluding carboxylic acids is 2. The van der Waals surface area contributed by atoms with Crippen LogP contribution in [0.1, 0.15) is 22.4 Å². The number of carbonyl (C=O) groups is 2. The van der Waals surface area contributed by atoms with Gasteiger partial charge in [-0.1, -0.05) is 36.4 Å². The van der Waals surface area contributed by atoms with Crippen LogP contribution in [0.2, 0.25) is 0 Å². The van der Waals surface area contributed by atoms with E-state index in [1.165, 1.54) is 29.6 Å². The smallest absolute Gasteiger partial charge is 0.276 e. The standard InChI is InChI=1S/C13H12N2O2S.C13H10N2OS.B3.B2/c1-9(16)14-11-7-8-18-12(11)13(17)15-10-5-3-2-4-6-10;1-9-14-11-7-8-17-12(11)13(16)15(9)10-5-3-2-4-6-10;1-3-2;1-2/h2-8H,1H3,(H,14,16)(H,15,17);2-8H,1H3;;. The molecule has 191 valence electrons. The highest BCUT2D eigenvalue weighted by Gasteiger charge is 2.14. The normalized spacial score (nSPS) is 9.45. The van der Waals surface area contributed by atoms with Crippen LogP contribution >= 0.6 is 22.7 Å². The number of nitrogens with one attached hydrogen (secondary N) is 2. The van der Waals surface area contributed by atoms with Crippen LogP contribution in [0, 0.1) is 6.92 Å². The molecule has 7 nitrogen and oxygen atoms in total. The molecule has 5 aromatic rings. The first-order valence-electron chi connectivity index (χ1n) is 11.7. The summed E-state index contributed by atoms with van der Waals surface area (Å²) in [5.74, 6) is 0.300. The van der Waals surface area contributed by atoms with Crippen LogP contribution in [-0.4, -0.2) is 59.4 Å². The van der Waals surface area contributed by atoms with Gasteiger partial charge in [0.05, 0.1) is 16.9 Å². The molecule has 2 amide bonds. The first-order chi connectivity index (χ1) is 19.3. The zero-order valence-corrected chi connectivity index (χ0v) is 23.5. The van der Waals surface area contributed by atoms with Crippen molar-refractivity contribution >= 4 is 94.1 Å². The van der Waals surface area contributed by atoms with E-state index in [1.807, 2.05) is 79.0 Å². The summed E-state index contributed by atoms with van der Waals surface area (Å²) in [6.07, 6.45) is 0. The molecule has 0 aliphatic carbocycles. The van der Waals surface area contributed by atoms with Gasteiger partial charge in [-0.2, -0.15) is 0 Å². The molecular weight excluding hydrogens is 535 g/mol. The Kier molecular flexibility index (Phi) is 13.8. The molecule has 0 saturated heterocycles. The minimum atomic E-state index is -0.222. The van der Waals surface area contributed by atoms with Crippen molar-refractivity contribution in [1.82, 2.24) is 9.55 Å². The fourth-order valence-corrected chi connectivity index (χ4v) is 4.89. The van der Waals surface area contributed by atoms with Gasteiger partial charge in [-0.05, 0) is 54.1 Å². The number of aryl methyl sites for hydroxylation is 1. The van der Waals surface area contributed by atoms with E-state index in [1.54, 1.807) is 16.0 Å². The van der Waals surface area contributed by atoms with Gasteiger partial charge in [0.1, 0.15) is 15.4 Å². The third kappa shape index (κ3) is 9.17. The molecule has 40 heavy (non-hydrogen) atoms. The maximum Gasteiger partial charge on any atom is 0.276 e. The molecule has 0 aliphatic rings. The number of anilines is 2. The van der Waals surface area contributed by atoms with Crippen molar-refractivity contribution in [1.29, 1.82) is 0 Å². The highest BCUT2D eigenvalue weighted by molar-refractivity contribution is 7.17. The van der Waals surface area contributed by atoms with Crippen LogP contribution in [0.25, 0.3) is 15.9 Å². The van der Waals surface area contributed by atoms with E-state index < -0.39 is 0 Å². The van der Waals surface area contributed by atoms with Gasteiger partial charge in [0.25, 0.3) is 11.5 Å². The number of amides is 2. The summed E-state index contributed by atoms with van der Waals surface area (Å²) in [4.78, 5) is 40.3. The van der Waals surface area contributed by atoms with Gasteiger partial charge in [-0.25, -0.2) is 4.98 Å². The predicted octanol–water partition coefficient (Wildman–Crippen LogP) is 3.81. The topological polar surface area (TPSA) is 93.1 Å².